The molecule has 0 saturated heterocycles. The Labute approximate surface area is 112 Å². The molecule has 2 aromatic heterocycles. The molecule has 0 fully saturated rings. The molecule has 0 unspecified atom stereocenters. The molecular weight excluding hydrogens is 244 g/mol. The summed E-state index contributed by atoms with van der Waals surface area (Å²) in [5.74, 6) is 0.831. The zero-order chi connectivity index (χ0) is 12.8. The molecule has 1 N–H and O–H groups in total. The van der Waals surface area contributed by atoms with E-state index in [1.807, 2.05) is 22.8 Å². The number of nitrogens with one attached hydrogen (secondary N) is 1. The molecule has 0 bridgehead atoms. The molecule has 0 aromatic carbocycles. The Morgan fingerprint density at radius 2 is 2.17 bits per heavy atom. The predicted octanol–water partition coefficient (Wildman–Crippen LogP) is 3.58. The Kier molecular flexibility index (Phi) is 4.64. The fourth-order valence-corrected chi connectivity index (χ4v) is 2.14. The lowest BCUT2D eigenvalue weighted by Gasteiger charge is -2.05. The Bertz CT molecular complexity index is 529. The van der Waals surface area contributed by atoms with Gasteiger partial charge in [0, 0.05) is 12.7 Å². The molecule has 0 spiro atoms. The van der Waals surface area contributed by atoms with Crippen LogP contribution >= 0.6 is 12.2 Å². The molecule has 18 heavy (non-hydrogen) atoms. The summed E-state index contributed by atoms with van der Waals surface area (Å²) in [7, 11) is 0. The van der Waals surface area contributed by atoms with Crippen molar-refractivity contribution < 1.29 is 0 Å². The van der Waals surface area contributed by atoms with Crippen LogP contribution in [0.15, 0.2) is 24.4 Å². The van der Waals surface area contributed by atoms with Crippen molar-refractivity contribution in [3.8, 4) is 11.5 Å². The van der Waals surface area contributed by atoms with Crippen LogP contribution in [0.25, 0.3) is 11.5 Å². The van der Waals surface area contributed by atoms with E-state index in [0.29, 0.717) is 4.77 Å². The molecule has 5 heteroatoms. The van der Waals surface area contributed by atoms with Gasteiger partial charge in [-0.1, -0.05) is 32.3 Å². The average molecular weight is 262 g/mol. The van der Waals surface area contributed by atoms with E-state index in [1.165, 1.54) is 19.3 Å². The second kappa shape index (κ2) is 6.44. The van der Waals surface area contributed by atoms with Gasteiger partial charge in [0.1, 0.15) is 5.69 Å². The summed E-state index contributed by atoms with van der Waals surface area (Å²) >= 11 is 5.27. The maximum Gasteiger partial charge on any atom is 0.195 e. The molecule has 4 nitrogen and oxygen atoms in total. The van der Waals surface area contributed by atoms with Crippen LogP contribution in [-0.2, 0) is 6.54 Å². The number of pyridine rings is 1. The Morgan fingerprint density at radius 1 is 1.28 bits per heavy atom. The normalized spacial score (nSPS) is 10.7. The average Bonchev–Trinajstić information content (AvgIpc) is 2.77. The van der Waals surface area contributed by atoms with Gasteiger partial charge in [-0.05, 0) is 30.8 Å². The summed E-state index contributed by atoms with van der Waals surface area (Å²) in [5.41, 5.74) is 0.861. The fourth-order valence-electron chi connectivity index (χ4n) is 1.91. The molecule has 0 amide bonds. The van der Waals surface area contributed by atoms with Crippen molar-refractivity contribution in [2.75, 3.05) is 0 Å². The van der Waals surface area contributed by atoms with Gasteiger partial charge >= 0.3 is 0 Å². The second-order valence-electron chi connectivity index (χ2n) is 4.28. The summed E-state index contributed by atoms with van der Waals surface area (Å²) in [6.45, 7) is 3.12. The number of aromatic nitrogens is 4. The van der Waals surface area contributed by atoms with E-state index in [2.05, 4.69) is 22.1 Å². The molecule has 2 aromatic rings. The number of H-pyrrole nitrogens is 1. The number of hydrogen-bond donors (Lipinski definition) is 1. The number of rotatable bonds is 6. The van der Waals surface area contributed by atoms with Crippen molar-refractivity contribution in [2.24, 2.45) is 0 Å². The number of unbranched alkanes of at least 4 members (excludes halogenated alkanes) is 3. The minimum atomic E-state index is 0.673. The molecular formula is C13H18N4S. The predicted molar refractivity (Wildman–Crippen MR) is 74.8 cm³/mol. The van der Waals surface area contributed by atoms with Gasteiger partial charge in [-0.25, -0.2) is 0 Å². The van der Waals surface area contributed by atoms with Crippen LogP contribution in [0.3, 0.4) is 0 Å². The molecule has 0 atom stereocenters. The molecule has 0 aliphatic heterocycles. The van der Waals surface area contributed by atoms with Crippen LogP contribution in [0.5, 0.6) is 0 Å². The standard InChI is InChI=1S/C13H18N4S/c1-2-3-4-7-10-17-12(15-16-13(17)18)11-8-5-6-9-14-11/h5-6,8-9H,2-4,7,10H2,1H3,(H,16,18). The molecule has 96 valence electrons. The van der Waals surface area contributed by atoms with Crippen LogP contribution in [0.1, 0.15) is 32.6 Å². The minimum Gasteiger partial charge on any atom is -0.299 e. The molecule has 0 saturated carbocycles. The summed E-state index contributed by atoms with van der Waals surface area (Å²) in [4.78, 5) is 4.32. The summed E-state index contributed by atoms with van der Waals surface area (Å²) in [6.07, 6.45) is 6.63. The van der Waals surface area contributed by atoms with Crippen molar-refractivity contribution in [1.29, 1.82) is 0 Å². The molecule has 0 aliphatic rings. The monoisotopic (exact) mass is 262 g/mol. The Morgan fingerprint density at radius 3 is 2.89 bits per heavy atom. The van der Waals surface area contributed by atoms with Gasteiger partial charge in [-0.15, -0.1) is 0 Å². The van der Waals surface area contributed by atoms with Crippen molar-refractivity contribution in [3.63, 3.8) is 0 Å². The van der Waals surface area contributed by atoms with Gasteiger partial charge in [-0.3, -0.25) is 14.6 Å². The first-order valence-corrected chi connectivity index (χ1v) is 6.80. The third-order valence-corrected chi connectivity index (χ3v) is 3.20. The lowest BCUT2D eigenvalue weighted by Crippen LogP contribution is -2.02. The van der Waals surface area contributed by atoms with E-state index in [4.69, 9.17) is 12.2 Å². The highest BCUT2D eigenvalue weighted by atomic mass is 32.1. The van der Waals surface area contributed by atoms with E-state index >= 15 is 0 Å². The lowest BCUT2D eigenvalue weighted by molar-refractivity contribution is 0.580. The van der Waals surface area contributed by atoms with Crippen molar-refractivity contribution in [3.05, 3.63) is 29.2 Å². The zero-order valence-corrected chi connectivity index (χ0v) is 11.4. The molecule has 0 radical (unpaired) electrons. The SMILES string of the molecule is CCCCCCn1c(-c2ccccn2)n[nH]c1=S. The van der Waals surface area contributed by atoms with Crippen LogP contribution in [-0.4, -0.2) is 19.7 Å². The van der Waals surface area contributed by atoms with Gasteiger partial charge in [0.15, 0.2) is 10.6 Å². The smallest absolute Gasteiger partial charge is 0.195 e. The van der Waals surface area contributed by atoms with Gasteiger partial charge < -0.3 is 0 Å². The minimum absolute atomic E-state index is 0.673. The van der Waals surface area contributed by atoms with Crippen LogP contribution in [0.4, 0.5) is 0 Å². The highest BCUT2D eigenvalue weighted by Crippen LogP contribution is 2.15. The molecule has 0 aliphatic carbocycles. The van der Waals surface area contributed by atoms with Crippen molar-refractivity contribution in [1.82, 2.24) is 19.7 Å². The molecule has 2 heterocycles. The van der Waals surface area contributed by atoms with Crippen LogP contribution < -0.4 is 0 Å². The number of hydrogen-bond acceptors (Lipinski definition) is 3. The van der Waals surface area contributed by atoms with Crippen molar-refractivity contribution >= 4 is 12.2 Å². The Balaban J connectivity index is 2.15. The van der Waals surface area contributed by atoms with Gasteiger partial charge in [0.25, 0.3) is 0 Å². The number of nitrogens with zero attached hydrogens (tertiary/aromatic N) is 3. The van der Waals surface area contributed by atoms with Crippen LogP contribution in [0.2, 0.25) is 0 Å². The second-order valence-corrected chi connectivity index (χ2v) is 4.67. The third kappa shape index (κ3) is 3.04. The summed E-state index contributed by atoms with van der Waals surface area (Å²) in [6, 6.07) is 5.81. The first kappa shape index (κ1) is 13.0. The van der Waals surface area contributed by atoms with E-state index in [1.54, 1.807) is 6.20 Å². The zero-order valence-electron chi connectivity index (χ0n) is 10.6. The van der Waals surface area contributed by atoms with Crippen molar-refractivity contribution in [2.45, 2.75) is 39.2 Å². The first-order valence-electron chi connectivity index (χ1n) is 6.39. The fraction of sp³-hybridized carbons (Fsp3) is 0.462. The molecule has 2 rings (SSSR count). The van der Waals surface area contributed by atoms with E-state index in [-0.39, 0.29) is 0 Å². The summed E-state index contributed by atoms with van der Waals surface area (Å²) < 4.78 is 2.71. The highest BCUT2D eigenvalue weighted by Gasteiger charge is 2.08. The highest BCUT2D eigenvalue weighted by molar-refractivity contribution is 7.71. The number of aromatic amines is 1. The largest absolute Gasteiger partial charge is 0.299 e. The maximum absolute atomic E-state index is 5.27. The lowest BCUT2D eigenvalue weighted by atomic mass is 10.2. The van der Waals surface area contributed by atoms with Gasteiger partial charge in [-0.2, -0.15) is 5.10 Å². The van der Waals surface area contributed by atoms with E-state index in [9.17, 15) is 0 Å². The maximum atomic E-state index is 5.27. The Hall–Kier alpha value is -1.49. The summed E-state index contributed by atoms with van der Waals surface area (Å²) in [5, 5.41) is 7.12. The topological polar surface area (TPSA) is 46.5 Å². The van der Waals surface area contributed by atoms with E-state index in [0.717, 1.165) is 24.5 Å². The van der Waals surface area contributed by atoms with E-state index < -0.39 is 0 Å². The first-order chi connectivity index (χ1) is 8.83. The quantitative estimate of drug-likeness (QED) is 0.639. The van der Waals surface area contributed by atoms with Gasteiger partial charge in [0.2, 0.25) is 0 Å². The van der Waals surface area contributed by atoms with Gasteiger partial charge in [0.05, 0.1) is 0 Å². The van der Waals surface area contributed by atoms with Crippen LogP contribution in [0, 0.1) is 4.77 Å². The third-order valence-electron chi connectivity index (χ3n) is 2.89.